The zero-order valence-electron chi connectivity index (χ0n) is 17.5. The van der Waals surface area contributed by atoms with Gasteiger partial charge in [-0.3, -0.25) is 19.2 Å². The molecule has 170 valence electrons. The third kappa shape index (κ3) is 9.26. The van der Waals surface area contributed by atoms with Crippen molar-refractivity contribution in [3.8, 4) is 0 Å². The van der Waals surface area contributed by atoms with Crippen molar-refractivity contribution in [3.05, 3.63) is 35.9 Å². The summed E-state index contributed by atoms with van der Waals surface area (Å²) in [5.74, 6) is -4.50. The second-order valence-electron chi connectivity index (χ2n) is 7.37. The maximum atomic E-state index is 12.6. The van der Waals surface area contributed by atoms with Crippen LogP contribution in [0, 0.1) is 5.92 Å². The number of carbonyl (C=O) groups excluding carboxylic acids is 4. The Morgan fingerprint density at radius 1 is 0.968 bits per heavy atom. The average Bonchev–Trinajstić information content (AvgIpc) is 2.70. The van der Waals surface area contributed by atoms with Gasteiger partial charge in [0.25, 0.3) is 0 Å². The molecule has 0 saturated heterocycles. The lowest BCUT2D eigenvalue weighted by Gasteiger charge is -2.21. The molecule has 1 aromatic carbocycles. The van der Waals surface area contributed by atoms with Crippen molar-refractivity contribution in [3.63, 3.8) is 0 Å². The molecule has 0 saturated carbocycles. The second-order valence-corrected chi connectivity index (χ2v) is 7.37. The van der Waals surface area contributed by atoms with E-state index in [4.69, 9.17) is 11.5 Å². The zero-order chi connectivity index (χ0) is 23.6. The van der Waals surface area contributed by atoms with Crippen LogP contribution >= 0.6 is 0 Å². The summed E-state index contributed by atoms with van der Waals surface area (Å²) in [5, 5.41) is 16.3. The standard InChI is InChI=1S/C20H29N5O6/c1-11(2)17(22)19(29)23-10-16(27)24-13(9-15(21)26)18(28)25-14(20(30)31)8-12-6-4-3-5-7-12/h3-7,11,13-14,17H,8-10,22H2,1-2H3,(H2,21,26)(H,23,29)(H,24,27)(H,25,28)(H,30,31). The van der Waals surface area contributed by atoms with Gasteiger partial charge in [0.1, 0.15) is 12.1 Å². The van der Waals surface area contributed by atoms with Gasteiger partial charge in [0.05, 0.1) is 19.0 Å². The van der Waals surface area contributed by atoms with Crippen molar-refractivity contribution < 1.29 is 29.1 Å². The third-order valence-corrected chi connectivity index (χ3v) is 4.40. The van der Waals surface area contributed by atoms with Crippen LogP contribution in [-0.2, 0) is 30.4 Å². The van der Waals surface area contributed by atoms with Gasteiger partial charge in [-0.05, 0) is 11.5 Å². The van der Waals surface area contributed by atoms with Crippen LogP contribution in [0.1, 0.15) is 25.8 Å². The Morgan fingerprint density at radius 2 is 1.58 bits per heavy atom. The predicted molar refractivity (Wildman–Crippen MR) is 111 cm³/mol. The number of carboxylic acids is 1. The van der Waals surface area contributed by atoms with Crippen LogP contribution < -0.4 is 27.4 Å². The molecular weight excluding hydrogens is 406 g/mol. The van der Waals surface area contributed by atoms with Crippen molar-refractivity contribution in [2.75, 3.05) is 6.54 Å². The SMILES string of the molecule is CC(C)C(N)C(=O)NCC(=O)NC(CC(N)=O)C(=O)NC(Cc1ccccc1)C(=O)O. The first-order valence-corrected chi connectivity index (χ1v) is 9.69. The molecule has 0 spiro atoms. The molecule has 0 bridgehead atoms. The normalized spacial score (nSPS) is 13.5. The molecule has 0 radical (unpaired) electrons. The maximum absolute atomic E-state index is 12.6. The van der Waals surface area contributed by atoms with Crippen LogP contribution in [0.2, 0.25) is 0 Å². The van der Waals surface area contributed by atoms with E-state index in [-0.39, 0.29) is 12.3 Å². The number of carboxylic acid groups (broad SMARTS) is 1. The van der Waals surface area contributed by atoms with E-state index in [1.54, 1.807) is 44.2 Å². The predicted octanol–water partition coefficient (Wildman–Crippen LogP) is -1.74. The molecule has 0 aliphatic heterocycles. The number of hydrogen-bond acceptors (Lipinski definition) is 6. The Balaban J connectivity index is 2.76. The summed E-state index contributed by atoms with van der Waals surface area (Å²) in [6.07, 6.45) is -0.545. The number of nitrogens with one attached hydrogen (secondary N) is 3. The van der Waals surface area contributed by atoms with Crippen LogP contribution in [0.3, 0.4) is 0 Å². The Morgan fingerprint density at radius 3 is 2.10 bits per heavy atom. The topological polar surface area (TPSA) is 194 Å². The first kappa shape index (κ1) is 25.6. The summed E-state index contributed by atoms with van der Waals surface area (Å²) in [7, 11) is 0. The lowest BCUT2D eigenvalue weighted by Crippen LogP contribution is -2.55. The van der Waals surface area contributed by atoms with Gasteiger partial charge in [-0.25, -0.2) is 4.79 Å². The number of benzene rings is 1. The lowest BCUT2D eigenvalue weighted by molar-refractivity contribution is -0.142. The van der Waals surface area contributed by atoms with Gasteiger partial charge < -0.3 is 32.5 Å². The van der Waals surface area contributed by atoms with E-state index in [1.807, 2.05) is 0 Å². The summed E-state index contributed by atoms with van der Waals surface area (Å²) in [4.78, 5) is 59.4. The number of hydrogen-bond donors (Lipinski definition) is 6. The highest BCUT2D eigenvalue weighted by atomic mass is 16.4. The Labute approximate surface area is 179 Å². The van der Waals surface area contributed by atoms with Gasteiger partial charge in [0, 0.05) is 6.42 Å². The number of carbonyl (C=O) groups is 5. The highest BCUT2D eigenvalue weighted by molar-refractivity contribution is 5.95. The minimum absolute atomic E-state index is 0.00228. The van der Waals surface area contributed by atoms with E-state index in [9.17, 15) is 29.1 Å². The zero-order valence-corrected chi connectivity index (χ0v) is 17.5. The van der Waals surface area contributed by atoms with E-state index < -0.39 is 60.7 Å². The Hall–Kier alpha value is -3.47. The van der Waals surface area contributed by atoms with Crippen LogP contribution in [0.25, 0.3) is 0 Å². The van der Waals surface area contributed by atoms with E-state index in [0.717, 1.165) is 0 Å². The molecule has 1 rings (SSSR count). The molecule has 4 amide bonds. The molecule has 11 nitrogen and oxygen atoms in total. The second kappa shape index (κ2) is 12.3. The average molecular weight is 435 g/mol. The first-order valence-electron chi connectivity index (χ1n) is 9.69. The lowest BCUT2D eigenvalue weighted by atomic mass is 10.0. The van der Waals surface area contributed by atoms with Crippen LogP contribution in [0.4, 0.5) is 0 Å². The minimum atomic E-state index is -1.40. The molecule has 3 unspecified atom stereocenters. The molecule has 0 aromatic heterocycles. The molecule has 31 heavy (non-hydrogen) atoms. The van der Waals surface area contributed by atoms with Gasteiger partial charge in [-0.1, -0.05) is 44.2 Å². The molecule has 8 N–H and O–H groups in total. The van der Waals surface area contributed by atoms with E-state index >= 15 is 0 Å². The van der Waals surface area contributed by atoms with Gasteiger partial charge >= 0.3 is 5.97 Å². The summed E-state index contributed by atoms with van der Waals surface area (Å²) in [6, 6.07) is 5.13. The van der Waals surface area contributed by atoms with Crippen molar-refractivity contribution in [1.82, 2.24) is 16.0 Å². The number of aliphatic carboxylic acids is 1. The van der Waals surface area contributed by atoms with Gasteiger partial charge in [-0.2, -0.15) is 0 Å². The molecule has 0 heterocycles. The third-order valence-electron chi connectivity index (χ3n) is 4.40. The maximum Gasteiger partial charge on any atom is 0.326 e. The quantitative estimate of drug-likeness (QED) is 0.224. The molecule has 11 heteroatoms. The number of nitrogens with two attached hydrogens (primary N) is 2. The Kier molecular flexibility index (Phi) is 10.1. The summed E-state index contributed by atoms with van der Waals surface area (Å²) < 4.78 is 0. The Bertz CT molecular complexity index is 799. The molecular formula is C20H29N5O6. The van der Waals surface area contributed by atoms with Gasteiger partial charge in [0.2, 0.25) is 23.6 Å². The fourth-order valence-electron chi connectivity index (χ4n) is 2.57. The monoisotopic (exact) mass is 435 g/mol. The van der Waals surface area contributed by atoms with E-state index in [0.29, 0.717) is 5.56 Å². The molecule has 1 aromatic rings. The smallest absolute Gasteiger partial charge is 0.326 e. The highest BCUT2D eigenvalue weighted by Gasteiger charge is 2.28. The summed E-state index contributed by atoms with van der Waals surface area (Å²) in [5.41, 5.74) is 11.5. The fourth-order valence-corrected chi connectivity index (χ4v) is 2.57. The number of amides is 4. The van der Waals surface area contributed by atoms with E-state index in [1.165, 1.54) is 0 Å². The van der Waals surface area contributed by atoms with Crippen LogP contribution in [-0.4, -0.2) is 59.4 Å². The molecule has 0 aliphatic carbocycles. The summed E-state index contributed by atoms with van der Waals surface area (Å²) >= 11 is 0. The van der Waals surface area contributed by atoms with Crippen LogP contribution in [0.15, 0.2) is 30.3 Å². The minimum Gasteiger partial charge on any atom is -0.480 e. The molecule has 3 atom stereocenters. The highest BCUT2D eigenvalue weighted by Crippen LogP contribution is 2.05. The van der Waals surface area contributed by atoms with E-state index in [2.05, 4.69) is 16.0 Å². The molecule has 0 aliphatic rings. The van der Waals surface area contributed by atoms with Crippen molar-refractivity contribution in [2.45, 2.75) is 44.8 Å². The first-order chi connectivity index (χ1) is 14.5. The van der Waals surface area contributed by atoms with Crippen LogP contribution in [0.5, 0.6) is 0 Å². The van der Waals surface area contributed by atoms with Crippen molar-refractivity contribution >= 4 is 29.6 Å². The number of primary amides is 1. The summed E-state index contributed by atoms with van der Waals surface area (Å²) in [6.45, 7) is 3.01. The number of rotatable bonds is 12. The van der Waals surface area contributed by atoms with Gasteiger partial charge in [-0.15, -0.1) is 0 Å². The van der Waals surface area contributed by atoms with Gasteiger partial charge in [0.15, 0.2) is 0 Å². The van der Waals surface area contributed by atoms with Crippen molar-refractivity contribution in [1.29, 1.82) is 0 Å². The molecule has 0 fully saturated rings. The van der Waals surface area contributed by atoms with Crippen molar-refractivity contribution in [2.24, 2.45) is 17.4 Å². The fraction of sp³-hybridized carbons (Fsp3) is 0.450. The largest absolute Gasteiger partial charge is 0.480 e.